The quantitative estimate of drug-likeness (QED) is 0.434. The van der Waals surface area contributed by atoms with Crippen LogP contribution in [0.3, 0.4) is 0 Å². The predicted molar refractivity (Wildman–Crippen MR) is 115 cm³/mol. The Labute approximate surface area is 189 Å². The van der Waals surface area contributed by atoms with Crippen molar-refractivity contribution in [2.45, 2.75) is 20.0 Å². The molecule has 0 bridgehead atoms. The number of rotatable bonds is 10. The van der Waals surface area contributed by atoms with Crippen molar-refractivity contribution in [1.82, 2.24) is 19.7 Å². The molecule has 1 aromatic carbocycles. The predicted octanol–water partition coefficient (Wildman–Crippen LogP) is 2.65. The molecule has 0 aliphatic heterocycles. The number of anilines is 2. The van der Waals surface area contributed by atoms with E-state index in [1.165, 1.54) is 32.5 Å². The minimum atomic E-state index is -3.51. The van der Waals surface area contributed by atoms with Gasteiger partial charge in [0.25, 0.3) is 10.1 Å². The summed E-state index contributed by atoms with van der Waals surface area (Å²) in [5.74, 6) is -0.737. The van der Waals surface area contributed by atoms with Crippen LogP contribution in [0.25, 0.3) is 0 Å². The van der Waals surface area contributed by atoms with Crippen LogP contribution in [0.5, 0.6) is 11.5 Å². The Kier molecular flexibility index (Phi) is 7.43. The van der Waals surface area contributed by atoms with Gasteiger partial charge in [0.1, 0.15) is 12.4 Å². The molecule has 10 nitrogen and oxygen atoms in total. The maximum absolute atomic E-state index is 14.4. The van der Waals surface area contributed by atoms with Crippen LogP contribution >= 0.6 is 0 Å². The third kappa shape index (κ3) is 6.35. The first-order valence-corrected chi connectivity index (χ1v) is 11.5. The minimum Gasteiger partial charge on any atom is -0.494 e. The zero-order valence-corrected chi connectivity index (χ0v) is 19.2. The second-order valence-corrected chi connectivity index (χ2v) is 8.72. The standard InChI is InChI=1S/C20H23F2N5O5S/c1-12-7-16(30-3)19(22)15(18(12)21)11-31-14-9-23-20(24-10-14)25-17-8-13(27(2)26-17)5-6-32-33(4,28)29/h7-10H,5-6,11H2,1-4H3,(H,23,24,25,26). The summed E-state index contributed by atoms with van der Waals surface area (Å²) in [6.07, 6.45) is 4.02. The summed E-state index contributed by atoms with van der Waals surface area (Å²) < 4.78 is 67.4. The molecule has 3 rings (SSSR count). The van der Waals surface area contributed by atoms with Gasteiger partial charge in [-0.05, 0) is 18.6 Å². The molecular weight excluding hydrogens is 460 g/mol. The van der Waals surface area contributed by atoms with Crippen molar-refractivity contribution in [3.63, 3.8) is 0 Å². The number of hydrogen-bond acceptors (Lipinski definition) is 9. The highest BCUT2D eigenvalue weighted by atomic mass is 32.2. The van der Waals surface area contributed by atoms with Crippen LogP contribution in [0.4, 0.5) is 20.5 Å². The van der Waals surface area contributed by atoms with Crippen LogP contribution in [0.2, 0.25) is 0 Å². The zero-order valence-electron chi connectivity index (χ0n) is 18.4. The molecule has 0 aliphatic rings. The smallest absolute Gasteiger partial charge is 0.264 e. The molecule has 0 amide bonds. The molecule has 1 N–H and O–H groups in total. The van der Waals surface area contributed by atoms with Crippen molar-refractivity contribution < 1.29 is 30.9 Å². The number of aryl methyl sites for hydroxylation is 2. The van der Waals surface area contributed by atoms with Crippen LogP contribution in [-0.4, -0.2) is 48.1 Å². The highest BCUT2D eigenvalue weighted by Gasteiger charge is 2.18. The highest BCUT2D eigenvalue weighted by Crippen LogP contribution is 2.27. The van der Waals surface area contributed by atoms with Gasteiger partial charge >= 0.3 is 0 Å². The van der Waals surface area contributed by atoms with E-state index in [2.05, 4.69) is 20.4 Å². The largest absolute Gasteiger partial charge is 0.494 e. The van der Waals surface area contributed by atoms with Gasteiger partial charge in [0.05, 0.1) is 37.9 Å². The number of hydrogen-bond donors (Lipinski definition) is 1. The van der Waals surface area contributed by atoms with Crippen molar-refractivity contribution in [2.75, 3.05) is 25.3 Å². The number of benzene rings is 1. The first-order chi connectivity index (χ1) is 15.6. The number of nitrogens with one attached hydrogen (secondary N) is 1. The number of methoxy groups -OCH3 is 1. The topological polar surface area (TPSA) is 117 Å². The Morgan fingerprint density at radius 3 is 2.48 bits per heavy atom. The van der Waals surface area contributed by atoms with Crippen molar-refractivity contribution in [3.05, 3.63) is 53.0 Å². The zero-order chi connectivity index (χ0) is 24.2. The molecule has 0 saturated carbocycles. The molecule has 2 aromatic heterocycles. The van der Waals surface area contributed by atoms with Gasteiger partial charge in [0, 0.05) is 25.2 Å². The maximum Gasteiger partial charge on any atom is 0.264 e. The molecule has 0 fully saturated rings. The van der Waals surface area contributed by atoms with Gasteiger partial charge in [-0.2, -0.15) is 13.5 Å². The fourth-order valence-electron chi connectivity index (χ4n) is 2.91. The lowest BCUT2D eigenvalue weighted by Gasteiger charge is -2.12. The molecule has 178 valence electrons. The number of ether oxygens (including phenoxy) is 2. The molecule has 0 radical (unpaired) electrons. The van der Waals surface area contributed by atoms with Crippen molar-refractivity contribution >= 4 is 21.9 Å². The Hall–Kier alpha value is -3.32. The van der Waals surface area contributed by atoms with Crippen LogP contribution in [-0.2, 0) is 34.4 Å². The molecule has 13 heteroatoms. The second-order valence-electron chi connectivity index (χ2n) is 7.08. The normalized spacial score (nSPS) is 11.5. The molecule has 0 aliphatic carbocycles. The van der Waals surface area contributed by atoms with Crippen molar-refractivity contribution in [2.24, 2.45) is 7.05 Å². The molecule has 2 heterocycles. The van der Waals surface area contributed by atoms with E-state index < -0.39 is 21.8 Å². The minimum absolute atomic E-state index is 0.00561. The SMILES string of the molecule is COc1cc(C)c(F)c(COc2cnc(Nc3cc(CCOS(C)(=O)=O)n(C)n3)nc2)c1F. The summed E-state index contributed by atoms with van der Waals surface area (Å²) in [6, 6.07) is 2.98. The van der Waals surface area contributed by atoms with E-state index >= 15 is 0 Å². The summed E-state index contributed by atoms with van der Waals surface area (Å²) in [7, 11) is -0.506. The van der Waals surface area contributed by atoms with Crippen LogP contribution in [0, 0.1) is 18.6 Å². The van der Waals surface area contributed by atoms with Gasteiger partial charge in [-0.3, -0.25) is 8.86 Å². The molecule has 3 aromatic rings. The molecule has 0 unspecified atom stereocenters. The van der Waals surface area contributed by atoms with E-state index in [9.17, 15) is 17.2 Å². The number of aromatic nitrogens is 4. The Morgan fingerprint density at radius 2 is 1.85 bits per heavy atom. The van der Waals surface area contributed by atoms with Crippen LogP contribution in [0.1, 0.15) is 16.8 Å². The van der Waals surface area contributed by atoms with E-state index in [1.807, 2.05) is 0 Å². The number of nitrogens with zero attached hydrogens (tertiary/aromatic N) is 4. The fourth-order valence-corrected chi connectivity index (χ4v) is 3.29. The van der Waals surface area contributed by atoms with Gasteiger partial charge in [-0.25, -0.2) is 18.7 Å². The summed E-state index contributed by atoms with van der Waals surface area (Å²) in [5, 5.41) is 7.17. The maximum atomic E-state index is 14.4. The fraction of sp³-hybridized carbons (Fsp3) is 0.350. The average Bonchev–Trinajstić information content (AvgIpc) is 3.09. The van der Waals surface area contributed by atoms with E-state index in [-0.39, 0.29) is 41.8 Å². The summed E-state index contributed by atoms with van der Waals surface area (Å²) in [5.41, 5.74) is 0.717. The van der Waals surface area contributed by atoms with Gasteiger partial charge in [0.2, 0.25) is 5.95 Å². The van der Waals surface area contributed by atoms with E-state index in [1.54, 1.807) is 17.8 Å². The van der Waals surface area contributed by atoms with E-state index in [0.29, 0.717) is 12.2 Å². The Balaban J connectivity index is 1.62. The van der Waals surface area contributed by atoms with Gasteiger partial charge < -0.3 is 14.8 Å². The highest BCUT2D eigenvalue weighted by molar-refractivity contribution is 7.85. The lowest BCUT2D eigenvalue weighted by atomic mass is 10.1. The van der Waals surface area contributed by atoms with Gasteiger partial charge in [-0.1, -0.05) is 0 Å². The average molecular weight is 483 g/mol. The van der Waals surface area contributed by atoms with Gasteiger partial charge in [-0.15, -0.1) is 0 Å². The molecule has 0 spiro atoms. The molecular formula is C20H23F2N5O5S. The third-order valence-corrected chi connectivity index (χ3v) is 5.14. The van der Waals surface area contributed by atoms with Crippen LogP contribution < -0.4 is 14.8 Å². The van der Waals surface area contributed by atoms with E-state index in [0.717, 1.165) is 11.9 Å². The summed E-state index contributed by atoms with van der Waals surface area (Å²) >= 11 is 0. The second kappa shape index (κ2) is 10.1. The Morgan fingerprint density at radius 1 is 1.15 bits per heavy atom. The summed E-state index contributed by atoms with van der Waals surface area (Å²) in [4.78, 5) is 8.21. The van der Waals surface area contributed by atoms with E-state index in [4.69, 9.17) is 13.7 Å². The van der Waals surface area contributed by atoms with Gasteiger partial charge in [0.15, 0.2) is 23.1 Å². The third-order valence-electron chi connectivity index (χ3n) is 4.54. The van der Waals surface area contributed by atoms with Crippen molar-refractivity contribution in [3.8, 4) is 11.5 Å². The molecule has 33 heavy (non-hydrogen) atoms. The summed E-state index contributed by atoms with van der Waals surface area (Å²) in [6.45, 7) is 1.13. The lowest BCUT2D eigenvalue weighted by Crippen LogP contribution is -2.08. The molecule has 0 saturated heterocycles. The number of halogens is 2. The monoisotopic (exact) mass is 483 g/mol. The first kappa shape index (κ1) is 24.3. The van der Waals surface area contributed by atoms with Crippen LogP contribution in [0.15, 0.2) is 24.5 Å². The Bertz CT molecular complexity index is 1230. The lowest BCUT2D eigenvalue weighted by molar-refractivity contribution is 0.285. The van der Waals surface area contributed by atoms with Crippen molar-refractivity contribution in [1.29, 1.82) is 0 Å². The first-order valence-electron chi connectivity index (χ1n) is 9.68. The molecule has 0 atom stereocenters.